The molecule has 0 aliphatic heterocycles. The minimum absolute atomic E-state index is 0.0317. The Morgan fingerprint density at radius 3 is 2.53 bits per heavy atom. The van der Waals surface area contributed by atoms with Gasteiger partial charge < -0.3 is 4.74 Å². The van der Waals surface area contributed by atoms with Crippen LogP contribution in [-0.4, -0.2) is 18.4 Å². The second-order valence-corrected chi connectivity index (χ2v) is 3.72. The van der Waals surface area contributed by atoms with E-state index in [1.54, 1.807) is 6.92 Å². The Kier molecular flexibility index (Phi) is 5.43. The van der Waals surface area contributed by atoms with Crippen molar-refractivity contribution in [2.24, 2.45) is 0 Å². The number of carbonyl (C=O) groups is 2. The van der Waals surface area contributed by atoms with Crippen LogP contribution in [0.25, 0.3) is 6.08 Å². The van der Waals surface area contributed by atoms with Gasteiger partial charge in [-0.2, -0.15) is 0 Å². The molecule has 0 aromatic heterocycles. The lowest BCUT2D eigenvalue weighted by Crippen LogP contribution is -2.11. The zero-order chi connectivity index (χ0) is 12.7. The molecule has 0 unspecified atom stereocenters. The SMILES string of the molecule is CCOC(=O)CC(=O)/C(Cl)=C/c1ccccc1. The van der Waals surface area contributed by atoms with Crippen molar-refractivity contribution in [2.75, 3.05) is 6.61 Å². The van der Waals surface area contributed by atoms with E-state index >= 15 is 0 Å². The molecule has 1 aromatic rings. The second-order valence-electron chi connectivity index (χ2n) is 3.31. The van der Waals surface area contributed by atoms with Crippen molar-refractivity contribution in [3.63, 3.8) is 0 Å². The van der Waals surface area contributed by atoms with Crippen LogP contribution in [-0.2, 0) is 14.3 Å². The van der Waals surface area contributed by atoms with Crippen molar-refractivity contribution in [1.82, 2.24) is 0 Å². The molecule has 0 fully saturated rings. The Morgan fingerprint density at radius 2 is 1.94 bits per heavy atom. The molecule has 1 rings (SSSR count). The maximum Gasteiger partial charge on any atom is 0.313 e. The van der Waals surface area contributed by atoms with E-state index in [2.05, 4.69) is 4.74 Å². The van der Waals surface area contributed by atoms with Gasteiger partial charge >= 0.3 is 5.97 Å². The van der Waals surface area contributed by atoms with Crippen LogP contribution in [0.4, 0.5) is 0 Å². The number of benzene rings is 1. The first-order valence-corrected chi connectivity index (χ1v) is 5.62. The zero-order valence-corrected chi connectivity index (χ0v) is 10.2. The number of hydrogen-bond donors (Lipinski definition) is 0. The molecule has 0 saturated heterocycles. The maximum atomic E-state index is 11.5. The summed E-state index contributed by atoms with van der Waals surface area (Å²) in [4.78, 5) is 22.6. The fraction of sp³-hybridized carbons (Fsp3) is 0.231. The molecular formula is C13H13ClO3. The van der Waals surface area contributed by atoms with Crippen LogP contribution >= 0.6 is 11.6 Å². The number of ether oxygens (including phenoxy) is 1. The molecule has 0 amide bonds. The van der Waals surface area contributed by atoms with Gasteiger partial charge in [-0.25, -0.2) is 0 Å². The lowest BCUT2D eigenvalue weighted by molar-refractivity contribution is -0.144. The molecule has 0 atom stereocenters. The van der Waals surface area contributed by atoms with Gasteiger partial charge in [0.15, 0.2) is 5.78 Å². The van der Waals surface area contributed by atoms with E-state index in [0.717, 1.165) is 5.56 Å². The number of halogens is 1. The number of ketones is 1. The molecule has 17 heavy (non-hydrogen) atoms. The molecule has 0 aliphatic rings. The second kappa shape index (κ2) is 6.86. The monoisotopic (exact) mass is 252 g/mol. The first-order chi connectivity index (χ1) is 8.13. The molecule has 3 nitrogen and oxygen atoms in total. The van der Waals surface area contributed by atoms with Crippen molar-refractivity contribution in [3.8, 4) is 0 Å². The third-order valence-electron chi connectivity index (χ3n) is 1.97. The topological polar surface area (TPSA) is 43.4 Å². The molecule has 0 spiro atoms. The van der Waals surface area contributed by atoms with E-state index < -0.39 is 11.8 Å². The fourth-order valence-corrected chi connectivity index (χ4v) is 1.40. The quantitative estimate of drug-likeness (QED) is 0.460. The number of hydrogen-bond acceptors (Lipinski definition) is 3. The zero-order valence-electron chi connectivity index (χ0n) is 9.48. The van der Waals surface area contributed by atoms with Gasteiger partial charge in [0, 0.05) is 0 Å². The minimum Gasteiger partial charge on any atom is -0.466 e. The fourth-order valence-electron chi connectivity index (χ4n) is 1.20. The molecular weight excluding hydrogens is 240 g/mol. The van der Waals surface area contributed by atoms with E-state index in [9.17, 15) is 9.59 Å². The summed E-state index contributed by atoms with van der Waals surface area (Å²) in [6.07, 6.45) is 1.21. The standard InChI is InChI=1S/C13H13ClO3/c1-2-17-13(16)9-12(15)11(14)8-10-6-4-3-5-7-10/h3-8H,2,9H2,1H3/b11-8-. The number of allylic oxidation sites excluding steroid dienone is 1. The summed E-state index contributed by atoms with van der Waals surface area (Å²) in [5.74, 6) is -0.994. The van der Waals surface area contributed by atoms with Gasteiger partial charge in [0.2, 0.25) is 0 Å². The lowest BCUT2D eigenvalue weighted by Gasteiger charge is -2.00. The molecule has 1 aromatic carbocycles. The molecule has 90 valence electrons. The van der Waals surface area contributed by atoms with Gasteiger partial charge in [0.25, 0.3) is 0 Å². The van der Waals surface area contributed by atoms with Crippen LogP contribution in [0.1, 0.15) is 18.9 Å². The van der Waals surface area contributed by atoms with Gasteiger partial charge in [-0.3, -0.25) is 9.59 Å². The van der Waals surface area contributed by atoms with Gasteiger partial charge in [-0.15, -0.1) is 0 Å². The van der Waals surface area contributed by atoms with Crippen LogP contribution in [0.2, 0.25) is 0 Å². The molecule has 0 aliphatic carbocycles. The Labute approximate surface area is 105 Å². The Bertz CT molecular complexity index is 424. The summed E-state index contributed by atoms with van der Waals surface area (Å²) >= 11 is 5.81. The Morgan fingerprint density at radius 1 is 1.29 bits per heavy atom. The van der Waals surface area contributed by atoms with Gasteiger partial charge in [-0.1, -0.05) is 41.9 Å². The minimum atomic E-state index is -0.558. The number of Topliss-reactive ketones (excluding diaryl/α,β-unsaturated/α-hetero) is 1. The highest BCUT2D eigenvalue weighted by Crippen LogP contribution is 2.12. The lowest BCUT2D eigenvalue weighted by atomic mass is 10.2. The molecule has 0 N–H and O–H groups in total. The van der Waals surface area contributed by atoms with Crippen molar-refractivity contribution < 1.29 is 14.3 Å². The molecule has 0 heterocycles. The van der Waals surface area contributed by atoms with Crippen LogP contribution < -0.4 is 0 Å². The number of esters is 1. The van der Waals surface area contributed by atoms with Crippen LogP contribution in [0, 0.1) is 0 Å². The summed E-state index contributed by atoms with van der Waals surface area (Å²) in [7, 11) is 0. The number of carbonyl (C=O) groups excluding carboxylic acids is 2. The summed E-state index contributed by atoms with van der Waals surface area (Å²) in [6.45, 7) is 1.94. The molecule has 4 heteroatoms. The number of rotatable bonds is 5. The average molecular weight is 253 g/mol. The van der Waals surface area contributed by atoms with Crippen molar-refractivity contribution in [3.05, 3.63) is 40.9 Å². The van der Waals surface area contributed by atoms with E-state index in [4.69, 9.17) is 11.6 Å². The van der Waals surface area contributed by atoms with E-state index in [1.165, 1.54) is 6.08 Å². The smallest absolute Gasteiger partial charge is 0.313 e. The Hall–Kier alpha value is -1.61. The summed E-state index contributed by atoms with van der Waals surface area (Å²) in [5, 5.41) is 0.0317. The van der Waals surface area contributed by atoms with Gasteiger partial charge in [0.1, 0.15) is 6.42 Å². The summed E-state index contributed by atoms with van der Waals surface area (Å²) in [5.41, 5.74) is 0.815. The van der Waals surface area contributed by atoms with E-state index in [0.29, 0.717) is 0 Å². The van der Waals surface area contributed by atoms with E-state index in [1.807, 2.05) is 30.3 Å². The predicted molar refractivity (Wildman–Crippen MR) is 66.5 cm³/mol. The van der Waals surface area contributed by atoms with Gasteiger partial charge in [0.05, 0.1) is 11.6 Å². The largest absolute Gasteiger partial charge is 0.466 e. The van der Waals surface area contributed by atoms with Crippen LogP contribution in [0.15, 0.2) is 35.4 Å². The molecule has 0 bridgehead atoms. The van der Waals surface area contributed by atoms with Crippen molar-refractivity contribution >= 4 is 29.4 Å². The van der Waals surface area contributed by atoms with Crippen molar-refractivity contribution in [2.45, 2.75) is 13.3 Å². The van der Waals surface area contributed by atoms with Crippen LogP contribution in [0.5, 0.6) is 0 Å². The molecule has 0 saturated carbocycles. The first-order valence-electron chi connectivity index (χ1n) is 5.24. The predicted octanol–water partition coefficient (Wildman–Crippen LogP) is 2.79. The highest BCUT2D eigenvalue weighted by molar-refractivity contribution is 6.45. The maximum absolute atomic E-state index is 11.5. The highest BCUT2D eigenvalue weighted by Gasteiger charge is 2.13. The van der Waals surface area contributed by atoms with E-state index in [-0.39, 0.29) is 18.1 Å². The first kappa shape index (κ1) is 13.5. The normalized spacial score (nSPS) is 11.1. The van der Waals surface area contributed by atoms with Gasteiger partial charge in [-0.05, 0) is 18.6 Å². The summed E-state index contributed by atoms with van der Waals surface area (Å²) in [6, 6.07) is 9.18. The molecule has 0 radical (unpaired) electrons. The Balaban J connectivity index is 2.64. The summed E-state index contributed by atoms with van der Waals surface area (Å²) < 4.78 is 4.67. The average Bonchev–Trinajstić information content (AvgIpc) is 2.30. The van der Waals surface area contributed by atoms with Crippen molar-refractivity contribution in [1.29, 1.82) is 0 Å². The highest BCUT2D eigenvalue weighted by atomic mass is 35.5. The third-order valence-corrected chi connectivity index (χ3v) is 2.29. The third kappa shape index (κ3) is 4.83. The van der Waals surface area contributed by atoms with Crippen LogP contribution in [0.3, 0.4) is 0 Å².